The van der Waals surface area contributed by atoms with Crippen molar-refractivity contribution >= 4 is 28.2 Å². The number of nitrogens with zero attached hydrogens (tertiary/aromatic N) is 5. The van der Waals surface area contributed by atoms with E-state index in [0.717, 1.165) is 36.7 Å². The quantitative estimate of drug-likeness (QED) is 0.732. The van der Waals surface area contributed by atoms with Crippen LogP contribution in [-0.4, -0.2) is 56.4 Å². The zero-order valence-electron chi connectivity index (χ0n) is 14.4. The van der Waals surface area contributed by atoms with Crippen LogP contribution in [0.15, 0.2) is 30.7 Å². The molecule has 0 aromatic carbocycles. The van der Waals surface area contributed by atoms with E-state index in [2.05, 4.69) is 37.4 Å². The van der Waals surface area contributed by atoms with Crippen LogP contribution in [0.5, 0.6) is 5.75 Å². The van der Waals surface area contributed by atoms with Crippen LogP contribution >= 0.6 is 11.6 Å². The highest BCUT2D eigenvalue weighted by Gasteiger charge is 2.20. The molecule has 4 heterocycles. The van der Waals surface area contributed by atoms with E-state index in [1.807, 2.05) is 6.07 Å². The summed E-state index contributed by atoms with van der Waals surface area (Å²) in [4.78, 5) is 10.8. The first kappa shape index (κ1) is 16.9. The molecule has 0 aliphatic carbocycles. The Labute approximate surface area is 156 Å². The molecule has 1 aliphatic heterocycles. The van der Waals surface area contributed by atoms with Gasteiger partial charge in [0.2, 0.25) is 0 Å². The van der Waals surface area contributed by atoms with Crippen molar-refractivity contribution in [3.05, 3.63) is 35.7 Å². The second-order valence-corrected chi connectivity index (χ2v) is 7.02. The zero-order chi connectivity index (χ0) is 18.1. The summed E-state index contributed by atoms with van der Waals surface area (Å²) in [5.74, 6) is 0.671. The molecule has 0 unspecified atom stereocenters. The smallest absolute Gasteiger partial charge is 0.158 e. The average molecular weight is 371 g/mol. The summed E-state index contributed by atoms with van der Waals surface area (Å²) in [6, 6.07) is 3.62. The summed E-state index contributed by atoms with van der Waals surface area (Å²) in [5.41, 5.74) is 0.852. The summed E-state index contributed by atoms with van der Waals surface area (Å²) in [6.45, 7) is 2.08. The first-order valence-corrected chi connectivity index (χ1v) is 8.90. The summed E-state index contributed by atoms with van der Waals surface area (Å²) >= 11 is 5.89. The van der Waals surface area contributed by atoms with Gasteiger partial charge in [0, 0.05) is 48.0 Å². The van der Waals surface area contributed by atoms with Crippen LogP contribution in [0, 0.1) is 0 Å². The maximum atomic E-state index is 10.2. The van der Waals surface area contributed by atoms with Crippen LogP contribution in [0.3, 0.4) is 0 Å². The van der Waals surface area contributed by atoms with Crippen LogP contribution in [0.4, 0.5) is 5.82 Å². The molecule has 0 amide bonds. The molecule has 0 bridgehead atoms. The number of rotatable bonds is 3. The minimum Gasteiger partial charge on any atom is -0.506 e. The SMILES string of the molecule is CN1CCC[C@@H](Nc2nnc(-c3ncc(Cl)cc3O)c3ccncc23)C1. The Morgan fingerprint density at radius 2 is 2.12 bits per heavy atom. The molecule has 134 valence electrons. The lowest BCUT2D eigenvalue weighted by atomic mass is 10.1. The van der Waals surface area contributed by atoms with Crippen molar-refractivity contribution in [2.75, 3.05) is 25.5 Å². The Kier molecular flexibility index (Phi) is 4.57. The molecule has 0 radical (unpaired) electrons. The molecule has 1 aliphatic rings. The van der Waals surface area contributed by atoms with Gasteiger partial charge in [-0.05, 0) is 32.5 Å². The van der Waals surface area contributed by atoms with Gasteiger partial charge in [-0.15, -0.1) is 10.2 Å². The molecular formula is C18H19ClN6O. The number of fused-ring (bicyclic) bond motifs is 1. The number of hydrogen-bond donors (Lipinski definition) is 2. The van der Waals surface area contributed by atoms with E-state index in [-0.39, 0.29) is 5.75 Å². The third-order valence-corrected chi connectivity index (χ3v) is 4.81. The predicted octanol–water partition coefficient (Wildman–Crippen LogP) is 2.95. The van der Waals surface area contributed by atoms with Gasteiger partial charge in [0.1, 0.15) is 17.1 Å². The maximum Gasteiger partial charge on any atom is 0.158 e. The Morgan fingerprint density at radius 1 is 1.23 bits per heavy atom. The molecule has 1 fully saturated rings. The van der Waals surface area contributed by atoms with Gasteiger partial charge in [0.05, 0.1) is 5.02 Å². The van der Waals surface area contributed by atoms with Crippen LogP contribution < -0.4 is 5.32 Å². The average Bonchev–Trinajstić information content (AvgIpc) is 2.63. The number of piperidine rings is 1. The summed E-state index contributed by atoms with van der Waals surface area (Å²) < 4.78 is 0. The van der Waals surface area contributed by atoms with Crippen molar-refractivity contribution in [2.45, 2.75) is 18.9 Å². The molecule has 8 heteroatoms. The van der Waals surface area contributed by atoms with Crippen molar-refractivity contribution in [3.63, 3.8) is 0 Å². The number of nitrogens with one attached hydrogen (secondary N) is 1. The number of pyridine rings is 2. The molecule has 0 spiro atoms. The van der Waals surface area contributed by atoms with E-state index in [1.165, 1.54) is 12.3 Å². The monoisotopic (exact) mass is 370 g/mol. The summed E-state index contributed by atoms with van der Waals surface area (Å²) in [7, 11) is 2.12. The van der Waals surface area contributed by atoms with Crippen LogP contribution in [-0.2, 0) is 0 Å². The fourth-order valence-corrected chi connectivity index (χ4v) is 3.52. The molecule has 4 rings (SSSR count). The number of halogens is 1. The number of hydrogen-bond acceptors (Lipinski definition) is 7. The fourth-order valence-electron chi connectivity index (χ4n) is 3.37. The summed E-state index contributed by atoms with van der Waals surface area (Å²) in [6.07, 6.45) is 7.18. The summed E-state index contributed by atoms with van der Waals surface area (Å²) in [5, 5.41) is 24.4. The standard InChI is InChI=1S/C18H19ClN6O/c1-25-6-2-3-12(10-25)22-18-14-9-20-5-4-13(14)16(23-24-18)17-15(26)7-11(19)8-21-17/h4-5,7-9,12,26H,2-3,6,10H2,1H3,(H,22,24)/t12-/m1/s1. The van der Waals surface area contributed by atoms with Crippen molar-refractivity contribution in [1.82, 2.24) is 25.1 Å². The van der Waals surface area contributed by atoms with Gasteiger partial charge in [-0.1, -0.05) is 11.6 Å². The van der Waals surface area contributed by atoms with Crippen LogP contribution in [0.25, 0.3) is 22.2 Å². The lowest BCUT2D eigenvalue weighted by Crippen LogP contribution is -2.40. The molecule has 26 heavy (non-hydrogen) atoms. The van der Waals surface area contributed by atoms with Gasteiger partial charge in [-0.3, -0.25) is 4.98 Å². The first-order valence-electron chi connectivity index (χ1n) is 8.52. The Balaban J connectivity index is 1.76. The molecule has 7 nitrogen and oxygen atoms in total. The molecule has 1 atom stereocenters. The Bertz CT molecular complexity index is 950. The second kappa shape index (κ2) is 7.01. The van der Waals surface area contributed by atoms with Gasteiger partial charge in [-0.2, -0.15) is 0 Å². The normalized spacial score (nSPS) is 18.2. The third-order valence-electron chi connectivity index (χ3n) is 4.61. The minimum atomic E-state index is -0.0282. The molecule has 2 N–H and O–H groups in total. The van der Waals surface area contributed by atoms with Gasteiger partial charge in [-0.25, -0.2) is 4.98 Å². The van der Waals surface area contributed by atoms with Crippen LogP contribution in [0.2, 0.25) is 5.02 Å². The fraction of sp³-hybridized carbons (Fsp3) is 0.333. The molecule has 0 saturated carbocycles. The van der Waals surface area contributed by atoms with Crippen LogP contribution in [0.1, 0.15) is 12.8 Å². The van der Waals surface area contributed by atoms with Gasteiger partial charge in [0.25, 0.3) is 0 Å². The number of aromatic hydroxyl groups is 1. The Hall–Kier alpha value is -2.51. The largest absolute Gasteiger partial charge is 0.506 e. The lowest BCUT2D eigenvalue weighted by Gasteiger charge is -2.30. The maximum absolute atomic E-state index is 10.2. The highest BCUT2D eigenvalue weighted by molar-refractivity contribution is 6.30. The lowest BCUT2D eigenvalue weighted by molar-refractivity contribution is 0.261. The topological polar surface area (TPSA) is 87.1 Å². The van der Waals surface area contributed by atoms with E-state index in [9.17, 15) is 5.11 Å². The van der Waals surface area contributed by atoms with Gasteiger partial charge < -0.3 is 15.3 Å². The van der Waals surface area contributed by atoms with E-state index < -0.39 is 0 Å². The zero-order valence-corrected chi connectivity index (χ0v) is 15.1. The van der Waals surface area contributed by atoms with E-state index in [1.54, 1.807) is 12.4 Å². The number of anilines is 1. The molecule has 3 aromatic heterocycles. The Morgan fingerprint density at radius 3 is 2.92 bits per heavy atom. The van der Waals surface area contributed by atoms with E-state index >= 15 is 0 Å². The van der Waals surface area contributed by atoms with Gasteiger partial charge >= 0.3 is 0 Å². The predicted molar refractivity (Wildman–Crippen MR) is 101 cm³/mol. The molecule has 3 aromatic rings. The minimum absolute atomic E-state index is 0.0282. The third kappa shape index (κ3) is 3.27. The number of aromatic nitrogens is 4. The van der Waals surface area contributed by atoms with Crippen molar-refractivity contribution in [2.24, 2.45) is 0 Å². The van der Waals surface area contributed by atoms with Crippen molar-refractivity contribution in [1.29, 1.82) is 0 Å². The van der Waals surface area contributed by atoms with E-state index in [0.29, 0.717) is 28.3 Å². The molecule has 1 saturated heterocycles. The van der Waals surface area contributed by atoms with Crippen molar-refractivity contribution < 1.29 is 5.11 Å². The molecular weight excluding hydrogens is 352 g/mol. The number of likely N-dealkylation sites (tertiary alicyclic amines) is 1. The second-order valence-electron chi connectivity index (χ2n) is 6.59. The first-order chi connectivity index (χ1) is 12.6. The van der Waals surface area contributed by atoms with Gasteiger partial charge in [0.15, 0.2) is 5.82 Å². The highest BCUT2D eigenvalue weighted by atomic mass is 35.5. The highest BCUT2D eigenvalue weighted by Crippen LogP contribution is 2.34. The van der Waals surface area contributed by atoms with E-state index in [4.69, 9.17) is 11.6 Å². The van der Waals surface area contributed by atoms with Crippen molar-refractivity contribution in [3.8, 4) is 17.1 Å². The number of likely N-dealkylation sites (N-methyl/N-ethyl adjacent to an activating group) is 1.